The van der Waals surface area contributed by atoms with Gasteiger partial charge < -0.3 is 4.74 Å². The molecule has 0 aliphatic carbocycles. The number of carbonyl (C=O) groups is 1. The van der Waals surface area contributed by atoms with Crippen molar-refractivity contribution >= 4 is 32.8 Å². The summed E-state index contributed by atoms with van der Waals surface area (Å²) < 4.78 is 20.4. The largest absolute Gasteiger partial charge is 0.481 e. The molecule has 0 bridgehead atoms. The van der Waals surface area contributed by atoms with Crippen LogP contribution in [0.4, 0.5) is 0 Å². The van der Waals surface area contributed by atoms with Crippen LogP contribution in [0.15, 0.2) is 24.5 Å². The van der Waals surface area contributed by atoms with Gasteiger partial charge in [-0.1, -0.05) is 0 Å². The van der Waals surface area contributed by atoms with Crippen LogP contribution in [0.5, 0.6) is 5.88 Å². The molecule has 3 heterocycles. The lowest BCUT2D eigenvalue weighted by Gasteiger charge is -2.02. The van der Waals surface area contributed by atoms with Crippen molar-refractivity contribution in [3.63, 3.8) is 0 Å². The van der Waals surface area contributed by atoms with Crippen LogP contribution in [-0.4, -0.2) is 32.0 Å². The zero-order valence-corrected chi connectivity index (χ0v) is 10.1. The molecule has 3 rings (SSSR count). The maximum Gasteiger partial charge on any atom is 0.258 e. The predicted molar refractivity (Wildman–Crippen MR) is 64.6 cm³/mol. The maximum atomic E-state index is 11.7. The quantitative estimate of drug-likeness (QED) is 0.827. The number of amides is 1. The van der Waals surface area contributed by atoms with Crippen molar-refractivity contribution in [1.82, 2.24) is 19.5 Å². The molecule has 0 saturated heterocycles. The van der Waals surface area contributed by atoms with Crippen molar-refractivity contribution in [2.75, 3.05) is 7.11 Å². The van der Waals surface area contributed by atoms with Crippen LogP contribution in [0.2, 0.25) is 0 Å². The molecule has 0 saturated carbocycles. The van der Waals surface area contributed by atoms with Gasteiger partial charge >= 0.3 is 0 Å². The van der Waals surface area contributed by atoms with Gasteiger partial charge in [-0.3, -0.25) is 9.52 Å². The van der Waals surface area contributed by atoms with Crippen molar-refractivity contribution in [3.05, 3.63) is 24.5 Å². The summed E-state index contributed by atoms with van der Waals surface area (Å²) in [5.74, 6) is 0.0752. The summed E-state index contributed by atoms with van der Waals surface area (Å²) in [6.45, 7) is 0. The van der Waals surface area contributed by atoms with E-state index in [4.69, 9.17) is 4.74 Å². The lowest BCUT2D eigenvalue weighted by molar-refractivity contribution is -0.114. The van der Waals surface area contributed by atoms with Gasteiger partial charge in [0.15, 0.2) is 16.0 Å². The monoisotopic (exact) mass is 264 g/mol. The Morgan fingerprint density at radius 3 is 2.94 bits per heavy atom. The van der Waals surface area contributed by atoms with Gasteiger partial charge in [-0.25, -0.2) is 13.9 Å². The highest BCUT2D eigenvalue weighted by atomic mass is 32.2. The van der Waals surface area contributed by atoms with Gasteiger partial charge in [0.2, 0.25) is 5.88 Å². The number of nitrogens with one attached hydrogen (secondary N) is 1. The normalized spacial score (nSPS) is 18.8. The lowest BCUT2D eigenvalue weighted by Crippen LogP contribution is -2.17. The molecular formula is C10H8N4O3S. The zero-order chi connectivity index (χ0) is 12.7. The van der Waals surface area contributed by atoms with Gasteiger partial charge in [0.05, 0.1) is 25.0 Å². The molecule has 92 valence electrons. The molecule has 1 amide bonds. The zero-order valence-electron chi connectivity index (χ0n) is 9.28. The number of carbonyl (C=O) groups excluding carboxylic acids is 1. The molecule has 1 aliphatic rings. The van der Waals surface area contributed by atoms with E-state index in [9.17, 15) is 9.00 Å². The highest BCUT2D eigenvalue weighted by Crippen LogP contribution is 2.22. The Hall–Kier alpha value is -2.22. The topological polar surface area (TPSA) is 86.1 Å². The number of methoxy groups -OCH3 is 1. The molecule has 1 atom stereocenters. The van der Waals surface area contributed by atoms with Crippen molar-refractivity contribution in [3.8, 4) is 5.88 Å². The SMILES string of the molecule is COc1cc2cnn(C3=CC(=O)NS3=O)c2cn1. The first-order chi connectivity index (χ1) is 8.69. The van der Waals surface area contributed by atoms with Crippen molar-refractivity contribution in [1.29, 1.82) is 0 Å². The second-order valence-corrected chi connectivity index (χ2v) is 4.72. The second kappa shape index (κ2) is 3.91. The molecule has 18 heavy (non-hydrogen) atoms. The van der Waals surface area contributed by atoms with Crippen molar-refractivity contribution in [2.45, 2.75) is 0 Å². The van der Waals surface area contributed by atoms with Gasteiger partial charge in [0.1, 0.15) is 0 Å². The Morgan fingerprint density at radius 2 is 2.28 bits per heavy atom. The number of rotatable bonds is 2. The number of hydrogen-bond acceptors (Lipinski definition) is 5. The number of ether oxygens (including phenoxy) is 1. The van der Waals surface area contributed by atoms with Crippen LogP contribution in [0.25, 0.3) is 15.9 Å². The van der Waals surface area contributed by atoms with Gasteiger partial charge in [-0.15, -0.1) is 0 Å². The number of pyridine rings is 1. The summed E-state index contributed by atoms with van der Waals surface area (Å²) >= 11 is 0. The predicted octanol–water partition coefficient (Wildman–Crippen LogP) is 0.0318. The van der Waals surface area contributed by atoms with Crippen LogP contribution in [0, 0.1) is 0 Å². The van der Waals surface area contributed by atoms with Gasteiger partial charge in [0, 0.05) is 17.5 Å². The molecular weight excluding hydrogens is 256 g/mol. The van der Waals surface area contributed by atoms with E-state index < -0.39 is 16.9 Å². The maximum absolute atomic E-state index is 11.7. The molecule has 2 aromatic rings. The summed E-state index contributed by atoms with van der Waals surface area (Å²) in [7, 11) is -0.0567. The van der Waals surface area contributed by atoms with Gasteiger partial charge in [-0.05, 0) is 0 Å². The number of fused-ring (bicyclic) bond motifs is 1. The van der Waals surface area contributed by atoms with E-state index in [1.807, 2.05) is 0 Å². The molecule has 1 N–H and O–H groups in total. The molecule has 0 radical (unpaired) electrons. The number of hydrogen-bond donors (Lipinski definition) is 1. The average Bonchev–Trinajstić information content (AvgIpc) is 2.91. The summed E-state index contributed by atoms with van der Waals surface area (Å²) in [6.07, 6.45) is 4.41. The minimum Gasteiger partial charge on any atom is -0.481 e. The molecule has 0 spiro atoms. The van der Waals surface area contributed by atoms with Crippen LogP contribution in [-0.2, 0) is 15.8 Å². The number of nitrogens with zero attached hydrogens (tertiary/aromatic N) is 3. The van der Waals surface area contributed by atoms with E-state index in [2.05, 4.69) is 14.8 Å². The van der Waals surface area contributed by atoms with Crippen LogP contribution in [0.1, 0.15) is 0 Å². The third-order valence-electron chi connectivity index (χ3n) is 2.48. The standard InChI is InChI=1S/C10H8N4O3S/c1-17-9-2-6-4-12-14(7(6)5-11-9)10-3-8(15)13-18(10)16/h2-5H,1H3,(H,13,15). The first-order valence-electron chi connectivity index (χ1n) is 5.01. The van der Waals surface area contributed by atoms with Crippen molar-refractivity contribution in [2.24, 2.45) is 0 Å². The van der Waals surface area contributed by atoms with E-state index in [1.165, 1.54) is 17.9 Å². The van der Waals surface area contributed by atoms with E-state index >= 15 is 0 Å². The first-order valence-corrected chi connectivity index (χ1v) is 6.16. The highest BCUT2D eigenvalue weighted by molar-refractivity contribution is 7.93. The molecule has 2 aromatic heterocycles. The molecule has 8 heteroatoms. The first kappa shape index (κ1) is 10.9. The number of aromatic nitrogens is 3. The van der Waals surface area contributed by atoms with Crippen LogP contribution >= 0.6 is 0 Å². The molecule has 1 unspecified atom stereocenters. The van der Waals surface area contributed by atoms with Crippen LogP contribution in [0.3, 0.4) is 0 Å². The summed E-state index contributed by atoms with van der Waals surface area (Å²) in [5.41, 5.74) is 0.659. The fraction of sp³-hybridized carbons (Fsp3) is 0.100. The summed E-state index contributed by atoms with van der Waals surface area (Å²) in [6, 6.07) is 1.71. The Kier molecular flexibility index (Phi) is 2.37. The lowest BCUT2D eigenvalue weighted by atomic mass is 10.3. The van der Waals surface area contributed by atoms with E-state index in [-0.39, 0.29) is 0 Å². The van der Waals surface area contributed by atoms with E-state index in [0.29, 0.717) is 16.4 Å². The summed E-state index contributed by atoms with van der Waals surface area (Å²) in [5, 5.41) is 5.19. The van der Waals surface area contributed by atoms with Crippen molar-refractivity contribution < 1.29 is 13.7 Å². The van der Waals surface area contributed by atoms with E-state index in [0.717, 1.165) is 5.39 Å². The molecule has 7 nitrogen and oxygen atoms in total. The molecule has 0 aromatic carbocycles. The van der Waals surface area contributed by atoms with Crippen LogP contribution < -0.4 is 9.46 Å². The third-order valence-corrected chi connectivity index (χ3v) is 3.54. The fourth-order valence-electron chi connectivity index (χ4n) is 1.67. The minimum atomic E-state index is -1.58. The Bertz CT molecular complexity index is 706. The molecule has 1 aliphatic heterocycles. The second-order valence-electron chi connectivity index (χ2n) is 3.56. The average molecular weight is 264 g/mol. The smallest absolute Gasteiger partial charge is 0.258 e. The van der Waals surface area contributed by atoms with Gasteiger partial charge in [-0.2, -0.15) is 5.10 Å². The van der Waals surface area contributed by atoms with Gasteiger partial charge in [0.25, 0.3) is 5.91 Å². The Labute approximate surface area is 104 Å². The Morgan fingerprint density at radius 1 is 1.44 bits per heavy atom. The minimum absolute atomic E-state index is 0.293. The van der Waals surface area contributed by atoms with E-state index in [1.54, 1.807) is 18.5 Å². The third kappa shape index (κ3) is 1.58. The highest BCUT2D eigenvalue weighted by Gasteiger charge is 2.23. The fourth-order valence-corrected chi connectivity index (χ4v) is 2.53. The summed E-state index contributed by atoms with van der Waals surface area (Å²) in [4.78, 5) is 15.2. The molecule has 0 fully saturated rings. The Balaban J connectivity index is 2.17.